The Balaban J connectivity index is 2.00. The van der Waals surface area contributed by atoms with Crippen molar-refractivity contribution in [3.8, 4) is 0 Å². The van der Waals surface area contributed by atoms with E-state index in [1.165, 1.54) is 18.2 Å². The summed E-state index contributed by atoms with van der Waals surface area (Å²) < 4.78 is 28.9. The zero-order valence-electron chi connectivity index (χ0n) is 16.5. The highest BCUT2D eigenvalue weighted by atomic mass is 35.5. The van der Waals surface area contributed by atoms with Crippen LogP contribution < -0.4 is 15.4 Å². The van der Waals surface area contributed by atoms with Crippen LogP contribution in [0.5, 0.6) is 0 Å². The third kappa shape index (κ3) is 4.51. The number of rotatable bonds is 7. The molecule has 0 saturated heterocycles. The highest BCUT2D eigenvalue weighted by molar-refractivity contribution is 7.93. The number of sulfonamides is 1. The molecule has 158 valence electrons. The quantitative estimate of drug-likeness (QED) is 0.512. The van der Waals surface area contributed by atoms with Crippen molar-refractivity contribution in [1.29, 1.82) is 0 Å². The SMILES string of the molecule is CN(C)c1cccc2c(S(=O)(=O)Nc3ccc(Cl)c(C[C@H](N)C(=O)O)c3)cccc12. The fourth-order valence-corrected chi connectivity index (χ4v) is 4.69. The third-order valence-corrected chi connectivity index (χ3v) is 6.49. The minimum absolute atomic E-state index is 0.0236. The van der Waals surface area contributed by atoms with Crippen molar-refractivity contribution in [2.24, 2.45) is 5.73 Å². The molecule has 4 N–H and O–H groups in total. The smallest absolute Gasteiger partial charge is 0.320 e. The Morgan fingerprint density at radius 3 is 2.47 bits per heavy atom. The van der Waals surface area contributed by atoms with Gasteiger partial charge < -0.3 is 15.7 Å². The summed E-state index contributed by atoms with van der Waals surface area (Å²) in [6, 6.07) is 14.0. The maximum atomic E-state index is 13.1. The zero-order valence-corrected chi connectivity index (χ0v) is 18.0. The van der Waals surface area contributed by atoms with Gasteiger partial charge in [0.05, 0.1) is 4.90 Å². The predicted molar refractivity (Wildman–Crippen MR) is 120 cm³/mol. The van der Waals surface area contributed by atoms with Gasteiger partial charge in [0.1, 0.15) is 6.04 Å². The first-order valence-corrected chi connectivity index (χ1v) is 10.9. The predicted octanol–water partition coefficient (Wildman–Crippen LogP) is 3.31. The standard InChI is InChI=1S/C21H22ClN3O4S/c1-25(2)19-7-3-6-16-15(19)5-4-8-20(16)30(28,29)24-14-9-10-17(22)13(11-14)12-18(23)21(26)27/h3-11,18,24H,12,23H2,1-2H3,(H,26,27)/t18-/m0/s1. The van der Waals surface area contributed by atoms with Gasteiger partial charge >= 0.3 is 5.97 Å². The molecule has 0 amide bonds. The third-order valence-electron chi connectivity index (χ3n) is 4.69. The number of fused-ring (bicyclic) bond motifs is 1. The fraction of sp³-hybridized carbons (Fsp3) is 0.190. The summed E-state index contributed by atoms with van der Waals surface area (Å²) >= 11 is 6.13. The van der Waals surface area contributed by atoms with Crippen molar-refractivity contribution in [3.05, 3.63) is 65.2 Å². The summed E-state index contributed by atoms with van der Waals surface area (Å²) in [5, 5.41) is 10.7. The molecule has 0 aliphatic rings. The summed E-state index contributed by atoms with van der Waals surface area (Å²) in [6.07, 6.45) is -0.0236. The largest absolute Gasteiger partial charge is 0.480 e. The van der Waals surface area contributed by atoms with Gasteiger partial charge in [-0.15, -0.1) is 0 Å². The number of hydrogen-bond donors (Lipinski definition) is 3. The van der Waals surface area contributed by atoms with Crippen LogP contribution in [0.2, 0.25) is 5.02 Å². The van der Waals surface area contributed by atoms with Gasteiger partial charge in [-0.25, -0.2) is 8.42 Å². The molecular formula is C21H22ClN3O4S. The van der Waals surface area contributed by atoms with E-state index >= 15 is 0 Å². The average molecular weight is 448 g/mol. The van der Waals surface area contributed by atoms with E-state index in [-0.39, 0.29) is 17.0 Å². The van der Waals surface area contributed by atoms with Gasteiger partial charge in [-0.3, -0.25) is 9.52 Å². The Bertz CT molecular complexity index is 1210. The van der Waals surface area contributed by atoms with Gasteiger partial charge in [-0.1, -0.05) is 35.9 Å². The Morgan fingerprint density at radius 1 is 1.13 bits per heavy atom. The number of nitrogens with zero attached hydrogens (tertiary/aromatic N) is 1. The van der Waals surface area contributed by atoms with Crippen LogP contribution in [0.25, 0.3) is 10.8 Å². The van der Waals surface area contributed by atoms with E-state index in [1.54, 1.807) is 18.2 Å². The lowest BCUT2D eigenvalue weighted by molar-refractivity contribution is -0.138. The van der Waals surface area contributed by atoms with E-state index in [0.717, 1.165) is 11.1 Å². The molecule has 0 unspecified atom stereocenters. The molecule has 1 atom stereocenters. The lowest BCUT2D eigenvalue weighted by atomic mass is 10.1. The van der Waals surface area contributed by atoms with E-state index in [0.29, 0.717) is 16.0 Å². The fourth-order valence-electron chi connectivity index (χ4n) is 3.22. The van der Waals surface area contributed by atoms with E-state index in [4.69, 9.17) is 22.4 Å². The Kier molecular flexibility index (Phi) is 6.21. The lowest BCUT2D eigenvalue weighted by Gasteiger charge is -2.17. The van der Waals surface area contributed by atoms with Crippen LogP contribution in [0.15, 0.2) is 59.5 Å². The second kappa shape index (κ2) is 8.51. The molecule has 0 heterocycles. The number of carboxylic acid groups (broad SMARTS) is 1. The van der Waals surface area contributed by atoms with Gasteiger partial charge in [0, 0.05) is 41.3 Å². The van der Waals surface area contributed by atoms with Crippen LogP contribution in [0.4, 0.5) is 11.4 Å². The van der Waals surface area contributed by atoms with Crippen LogP contribution in [-0.2, 0) is 21.2 Å². The Hall–Kier alpha value is -2.81. The van der Waals surface area contributed by atoms with E-state index in [2.05, 4.69) is 4.72 Å². The molecule has 3 rings (SSSR count). The molecule has 0 aromatic heterocycles. The van der Waals surface area contributed by atoms with Gasteiger partial charge in [0.15, 0.2) is 0 Å². The second-order valence-electron chi connectivity index (χ2n) is 7.08. The van der Waals surface area contributed by atoms with Gasteiger partial charge in [0.2, 0.25) is 0 Å². The van der Waals surface area contributed by atoms with Crippen molar-refractivity contribution in [1.82, 2.24) is 0 Å². The summed E-state index contributed by atoms with van der Waals surface area (Å²) in [6.45, 7) is 0. The van der Waals surface area contributed by atoms with Gasteiger partial charge in [-0.05, 0) is 42.3 Å². The molecule has 9 heteroatoms. The van der Waals surface area contributed by atoms with Crippen LogP contribution >= 0.6 is 11.6 Å². The first-order chi connectivity index (χ1) is 14.1. The molecule has 0 bridgehead atoms. The average Bonchev–Trinajstić information content (AvgIpc) is 2.69. The molecule has 0 spiro atoms. The molecule has 3 aromatic rings. The molecular weight excluding hydrogens is 426 g/mol. The Labute approximate surface area is 180 Å². The lowest BCUT2D eigenvalue weighted by Crippen LogP contribution is -2.32. The normalized spacial score (nSPS) is 12.5. The number of halogens is 1. The molecule has 7 nitrogen and oxygen atoms in total. The van der Waals surface area contributed by atoms with Crippen LogP contribution in [-0.4, -0.2) is 39.6 Å². The second-order valence-corrected chi connectivity index (χ2v) is 9.14. The van der Waals surface area contributed by atoms with Gasteiger partial charge in [-0.2, -0.15) is 0 Å². The number of aliphatic carboxylic acids is 1. The molecule has 0 aliphatic heterocycles. The number of anilines is 2. The maximum absolute atomic E-state index is 13.1. The van der Waals surface area contributed by atoms with E-state index in [1.807, 2.05) is 37.2 Å². The van der Waals surface area contributed by atoms with Crippen LogP contribution in [0.3, 0.4) is 0 Å². The van der Waals surface area contributed by atoms with E-state index in [9.17, 15) is 13.2 Å². The van der Waals surface area contributed by atoms with Crippen molar-refractivity contribution in [2.45, 2.75) is 17.4 Å². The minimum Gasteiger partial charge on any atom is -0.480 e. The maximum Gasteiger partial charge on any atom is 0.320 e. The van der Waals surface area contributed by atoms with Crippen molar-refractivity contribution < 1.29 is 18.3 Å². The van der Waals surface area contributed by atoms with Crippen molar-refractivity contribution in [3.63, 3.8) is 0 Å². The molecule has 30 heavy (non-hydrogen) atoms. The van der Waals surface area contributed by atoms with Crippen LogP contribution in [0.1, 0.15) is 5.56 Å². The number of carboxylic acids is 1. The molecule has 0 radical (unpaired) electrons. The number of hydrogen-bond acceptors (Lipinski definition) is 5. The van der Waals surface area contributed by atoms with Crippen molar-refractivity contribution in [2.75, 3.05) is 23.7 Å². The topological polar surface area (TPSA) is 113 Å². The molecule has 0 fully saturated rings. The first kappa shape index (κ1) is 21.9. The number of carbonyl (C=O) groups is 1. The molecule has 0 saturated carbocycles. The van der Waals surface area contributed by atoms with E-state index < -0.39 is 22.0 Å². The first-order valence-electron chi connectivity index (χ1n) is 9.09. The summed E-state index contributed by atoms with van der Waals surface area (Å²) in [5.74, 6) is -1.16. The minimum atomic E-state index is -3.92. The number of benzene rings is 3. The highest BCUT2D eigenvalue weighted by Gasteiger charge is 2.20. The number of nitrogens with one attached hydrogen (secondary N) is 1. The summed E-state index contributed by atoms with van der Waals surface area (Å²) in [5.41, 5.74) is 7.20. The molecule has 3 aromatic carbocycles. The molecule has 0 aliphatic carbocycles. The number of nitrogens with two attached hydrogens (primary N) is 1. The summed E-state index contributed by atoms with van der Waals surface area (Å²) in [4.78, 5) is 13.1. The Morgan fingerprint density at radius 2 is 1.80 bits per heavy atom. The van der Waals surface area contributed by atoms with Gasteiger partial charge in [0.25, 0.3) is 10.0 Å². The highest BCUT2D eigenvalue weighted by Crippen LogP contribution is 2.31. The van der Waals surface area contributed by atoms with Crippen LogP contribution in [0, 0.1) is 0 Å². The zero-order chi connectivity index (χ0) is 22.1. The summed E-state index contributed by atoms with van der Waals surface area (Å²) in [7, 11) is -0.128. The monoisotopic (exact) mass is 447 g/mol. The van der Waals surface area contributed by atoms with Crippen molar-refractivity contribution >= 4 is 49.7 Å².